The normalized spacial score (nSPS) is 11.4. The van der Waals surface area contributed by atoms with Crippen molar-refractivity contribution in [3.8, 4) is 0 Å². The van der Waals surface area contributed by atoms with Crippen molar-refractivity contribution < 1.29 is 0 Å². The van der Waals surface area contributed by atoms with E-state index in [9.17, 15) is 0 Å². The summed E-state index contributed by atoms with van der Waals surface area (Å²) in [6.45, 7) is 4.44. The van der Waals surface area contributed by atoms with E-state index in [-0.39, 0.29) is 0 Å². The number of rotatable bonds is 3. The van der Waals surface area contributed by atoms with Crippen LogP contribution in [0.1, 0.15) is 13.8 Å². The third-order valence-corrected chi connectivity index (χ3v) is 4.27. The molecule has 0 amide bonds. The van der Waals surface area contributed by atoms with Crippen LogP contribution in [-0.2, 0) is 0 Å². The smallest absolute Gasteiger partial charge is 0.171 e. The molecule has 0 saturated heterocycles. The van der Waals surface area contributed by atoms with Crippen molar-refractivity contribution in [2.45, 2.75) is 18.2 Å². The highest BCUT2D eigenvalue weighted by atomic mass is 32.2. The number of thioether (sulfide) groups is 1. The van der Waals surface area contributed by atoms with E-state index in [1.807, 2.05) is 17.8 Å². The van der Waals surface area contributed by atoms with Crippen LogP contribution in [0.4, 0.5) is 0 Å². The van der Waals surface area contributed by atoms with E-state index in [2.05, 4.69) is 29.9 Å². The van der Waals surface area contributed by atoms with Crippen molar-refractivity contribution in [2.75, 3.05) is 5.75 Å². The zero-order valence-electron chi connectivity index (χ0n) is 8.23. The Morgan fingerprint density at radius 3 is 3.07 bits per heavy atom. The Kier molecular flexibility index (Phi) is 3.03. The molecule has 0 unspecified atom stereocenters. The maximum absolute atomic E-state index is 4.46. The average molecular weight is 224 g/mol. The number of pyridine rings is 1. The van der Waals surface area contributed by atoms with Gasteiger partial charge >= 0.3 is 0 Å². The molecule has 0 aliphatic carbocycles. The van der Waals surface area contributed by atoms with Gasteiger partial charge in [-0.25, -0.2) is 9.97 Å². The fourth-order valence-electron chi connectivity index (χ4n) is 1.05. The molecule has 14 heavy (non-hydrogen) atoms. The minimum atomic E-state index is 0.708. The quantitative estimate of drug-likeness (QED) is 0.747. The maximum atomic E-state index is 4.46. The molecule has 0 atom stereocenters. The lowest BCUT2D eigenvalue weighted by Crippen LogP contribution is -1.89. The Morgan fingerprint density at radius 2 is 2.36 bits per heavy atom. The summed E-state index contributed by atoms with van der Waals surface area (Å²) in [4.78, 5) is 8.67. The first-order chi connectivity index (χ1) is 6.75. The molecule has 2 heterocycles. The molecule has 0 aliphatic heterocycles. The van der Waals surface area contributed by atoms with Gasteiger partial charge in [-0.2, -0.15) is 0 Å². The molecule has 0 aromatic carbocycles. The molecule has 0 aliphatic rings. The second kappa shape index (κ2) is 4.28. The summed E-state index contributed by atoms with van der Waals surface area (Å²) in [6.07, 6.45) is 1.79. The molecule has 0 radical (unpaired) electrons. The molecule has 2 aromatic rings. The van der Waals surface area contributed by atoms with Crippen LogP contribution in [-0.4, -0.2) is 15.7 Å². The fraction of sp³-hybridized carbons (Fsp3) is 0.400. The van der Waals surface area contributed by atoms with E-state index in [0.717, 1.165) is 15.7 Å². The topological polar surface area (TPSA) is 25.8 Å². The summed E-state index contributed by atoms with van der Waals surface area (Å²) in [5.41, 5.74) is 0.878. The Hall–Kier alpha value is -0.610. The minimum absolute atomic E-state index is 0.708. The monoisotopic (exact) mass is 224 g/mol. The van der Waals surface area contributed by atoms with Gasteiger partial charge in [0.2, 0.25) is 0 Å². The van der Waals surface area contributed by atoms with Crippen molar-refractivity contribution in [3.63, 3.8) is 0 Å². The van der Waals surface area contributed by atoms with Crippen LogP contribution in [0.15, 0.2) is 22.7 Å². The number of hydrogen-bond acceptors (Lipinski definition) is 4. The van der Waals surface area contributed by atoms with Crippen LogP contribution in [0.25, 0.3) is 10.3 Å². The van der Waals surface area contributed by atoms with Crippen molar-refractivity contribution in [2.24, 2.45) is 5.92 Å². The van der Waals surface area contributed by atoms with Gasteiger partial charge in [0.25, 0.3) is 0 Å². The standard InChI is InChI=1S/C10H12N2S2/c1-7(2)6-13-10-12-9-8(14-10)4-3-5-11-9/h3-5,7H,6H2,1-2H3. The molecule has 2 rings (SSSR count). The van der Waals surface area contributed by atoms with Crippen LogP contribution in [0, 0.1) is 5.92 Å². The lowest BCUT2D eigenvalue weighted by atomic mass is 10.3. The first kappa shape index (κ1) is 9.93. The largest absolute Gasteiger partial charge is 0.236 e. The van der Waals surface area contributed by atoms with Crippen LogP contribution in [0.3, 0.4) is 0 Å². The van der Waals surface area contributed by atoms with E-state index in [4.69, 9.17) is 0 Å². The van der Waals surface area contributed by atoms with Crippen LogP contribution >= 0.6 is 23.1 Å². The first-order valence-electron chi connectivity index (χ1n) is 4.60. The third-order valence-electron chi connectivity index (χ3n) is 1.69. The van der Waals surface area contributed by atoms with E-state index >= 15 is 0 Å². The molecule has 4 heteroatoms. The van der Waals surface area contributed by atoms with Gasteiger partial charge in [0.15, 0.2) is 9.99 Å². The Bertz CT molecular complexity index is 390. The van der Waals surface area contributed by atoms with Gasteiger partial charge < -0.3 is 0 Å². The molecule has 2 aromatic heterocycles. The van der Waals surface area contributed by atoms with Gasteiger partial charge in [0.05, 0.1) is 4.70 Å². The highest BCUT2D eigenvalue weighted by Gasteiger charge is 2.05. The number of fused-ring (bicyclic) bond motifs is 1. The van der Waals surface area contributed by atoms with Gasteiger partial charge in [0, 0.05) is 11.9 Å². The van der Waals surface area contributed by atoms with Crippen LogP contribution in [0.5, 0.6) is 0 Å². The zero-order chi connectivity index (χ0) is 9.97. The van der Waals surface area contributed by atoms with Gasteiger partial charge in [0.1, 0.15) is 0 Å². The molecule has 0 saturated carbocycles. The van der Waals surface area contributed by atoms with Crippen molar-refractivity contribution in [1.82, 2.24) is 9.97 Å². The molecule has 0 N–H and O–H groups in total. The predicted octanol–water partition coefficient (Wildman–Crippen LogP) is 3.44. The summed E-state index contributed by atoms with van der Waals surface area (Å²) in [7, 11) is 0. The summed E-state index contributed by atoms with van der Waals surface area (Å²) < 4.78 is 2.31. The van der Waals surface area contributed by atoms with E-state index < -0.39 is 0 Å². The zero-order valence-corrected chi connectivity index (χ0v) is 9.86. The number of nitrogens with zero attached hydrogens (tertiary/aromatic N) is 2. The summed E-state index contributed by atoms with van der Waals surface area (Å²) in [5.74, 6) is 1.83. The lowest BCUT2D eigenvalue weighted by molar-refractivity contribution is 0.750. The lowest BCUT2D eigenvalue weighted by Gasteiger charge is -1.99. The van der Waals surface area contributed by atoms with Gasteiger partial charge in [-0.05, 0) is 18.1 Å². The highest BCUT2D eigenvalue weighted by molar-refractivity contribution is 8.01. The van der Waals surface area contributed by atoms with E-state index in [0.29, 0.717) is 5.92 Å². The highest BCUT2D eigenvalue weighted by Crippen LogP contribution is 2.29. The molecule has 2 nitrogen and oxygen atoms in total. The van der Waals surface area contributed by atoms with Gasteiger partial charge in [-0.1, -0.05) is 25.6 Å². The average Bonchev–Trinajstić information content (AvgIpc) is 2.57. The first-order valence-corrected chi connectivity index (χ1v) is 6.40. The SMILES string of the molecule is CC(C)CSc1nc2ncccc2s1. The van der Waals surface area contributed by atoms with Crippen LogP contribution in [0.2, 0.25) is 0 Å². The summed E-state index contributed by atoms with van der Waals surface area (Å²) in [6, 6.07) is 4.02. The van der Waals surface area contributed by atoms with Gasteiger partial charge in [-0.3, -0.25) is 0 Å². The molecule has 0 fully saturated rings. The third kappa shape index (κ3) is 2.25. The summed E-state index contributed by atoms with van der Waals surface area (Å²) >= 11 is 3.55. The second-order valence-electron chi connectivity index (χ2n) is 3.51. The van der Waals surface area contributed by atoms with Crippen LogP contribution < -0.4 is 0 Å². The maximum Gasteiger partial charge on any atom is 0.171 e. The summed E-state index contributed by atoms with van der Waals surface area (Å²) in [5, 5.41) is 0. The molecular weight excluding hydrogens is 212 g/mol. The number of thiazole rings is 1. The molecule has 0 spiro atoms. The Morgan fingerprint density at radius 1 is 1.50 bits per heavy atom. The second-order valence-corrected chi connectivity index (χ2v) is 5.81. The Balaban J connectivity index is 2.19. The van der Waals surface area contributed by atoms with Crippen molar-refractivity contribution in [3.05, 3.63) is 18.3 Å². The van der Waals surface area contributed by atoms with Crippen molar-refractivity contribution in [1.29, 1.82) is 0 Å². The molecular formula is C10H12N2S2. The predicted molar refractivity (Wildman–Crippen MR) is 63.0 cm³/mol. The number of aromatic nitrogens is 2. The van der Waals surface area contributed by atoms with Gasteiger partial charge in [-0.15, -0.1) is 11.3 Å². The van der Waals surface area contributed by atoms with E-state index in [1.165, 1.54) is 4.70 Å². The fourth-order valence-corrected chi connectivity index (χ4v) is 3.04. The van der Waals surface area contributed by atoms with Crippen molar-refractivity contribution >= 4 is 33.4 Å². The molecule has 0 bridgehead atoms. The Labute approximate surface area is 91.8 Å². The molecule has 74 valence electrons. The van der Waals surface area contributed by atoms with E-state index in [1.54, 1.807) is 17.5 Å². The number of hydrogen-bond donors (Lipinski definition) is 0. The minimum Gasteiger partial charge on any atom is -0.236 e.